The molecule has 0 spiro atoms. The van der Waals surface area contributed by atoms with E-state index in [0.29, 0.717) is 31.0 Å². The maximum absolute atomic E-state index is 13.8. The molecular formula is C35H43N5O5S. The molecule has 0 unspecified atom stereocenters. The van der Waals surface area contributed by atoms with Gasteiger partial charge in [-0.25, -0.2) is 8.42 Å². The van der Waals surface area contributed by atoms with Gasteiger partial charge in [-0.2, -0.15) is 0 Å². The number of sulfonamides is 1. The van der Waals surface area contributed by atoms with Gasteiger partial charge < -0.3 is 19.5 Å². The highest BCUT2D eigenvalue weighted by molar-refractivity contribution is 7.92. The molecule has 0 saturated carbocycles. The van der Waals surface area contributed by atoms with Crippen LogP contribution in [0.4, 0.5) is 11.4 Å². The summed E-state index contributed by atoms with van der Waals surface area (Å²) in [5, 5.41) is 3.92. The predicted molar refractivity (Wildman–Crippen MR) is 183 cm³/mol. The van der Waals surface area contributed by atoms with Crippen LogP contribution < -0.4 is 14.8 Å². The van der Waals surface area contributed by atoms with Crippen LogP contribution in [0.25, 0.3) is 10.9 Å². The second-order valence-corrected chi connectivity index (χ2v) is 14.8. The van der Waals surface area contributed by atoms with Gasteiger partial charge in [0.25, 0.3) is 11.8 Å². The highest BCUT2D eigenvalue weighted by Gasteiger charge is 2.26. The summed E-state index contributed by atoms with van der Waals surface area (Å²) in [5.41, 5.74) is 5.42. The molecule has 46 heavy (non-hydrogen) atoms. The molecule has 11 heteroatoms. The van der Waals surface area contributed by atoms with Crippen LogP contribution in [-0.4, -0.2) is 74.1 Å². The van der Waals surface area contributed by atoms with Crippen LogP contribution in [0.1, 0.15) is 58.3 Å². The number of fused-ring (bicyclic) bond motifs is 1. The molecule has 4 aromatic rings. The fourth-order valence-corrected chi connectivity index (χ4v) is 6.55. The van der Waals surface area contributed by atoms with Crippen molar-refractivity contribution in [3.8, 4) is 5.75 Å². The zero-order valence-corrected chi connectivity index (χ0v) is 28.4. The summed E-state index contributed by atoms with van der Waals surface area (Å²) in [5.74, 6) is -0.0544. The first-order chi connectivity index (χ1) is 21.6. The van der Waals surface area contributed by atoms with Gasteiger partial charge >= 0.3 is 0 Å². The number of aryl methyl sites for hydroxylation is 2. The van der Waals surface area contributed by atoms with Crippen molar-refractivity contribution in [1.82, 2.24) is 14.4 Å². The van der Waals surface area contributed by atoms with Crippen LogP contribution >= 0.6 is 0 Å². The van der Waals surface area contributed by atoms with Crippen molar-refractivity contribution in [1.29, 1.82) is 0 Å². The predicted octanol–water partition coefficient (Wildman–Crippen LogP) is 5.37. The molecule has 5 rings (SSSR count). The molecule has 2 amide bonds. The van der Waals surface area contributed by atoms with Crippen LogP contribution in [0, 0.1) is 6.92 Å². The second kappa shape index (κ2) is 12.8. The minimum Gasteiger partial charge on any atom is -0.492 e. The summed E-state index contributed by atoms with van der Waals surface area (Å²) in [6, 6.07) is 19.2. The highest BCUT2D eigenvalue weighted by atomic mass is 32.2. The summed E-state index contributed by atoms with van der Waals surface area (Å²) < 4.78 is 34.3. The van der Waals surface area contributed by atoms with Gasteiger partial charge in [0.1, 0.15) is 5.69 Å². The van der Waals surface area contributed by atoms with Crippen molar-refractivity contribution in [3.05, 3.63) is 88.6 Å². The molecule has 244 valence electrons. The van der Waals surface area contributed by atoms with Crippen molar-refractivity contribution in [2.75, 3.05) is 49.6 Å². The van der Waals surface area contributed by atoms with E-state index in [1.165, 1.54) is 7.11 Å². The quantitative estimate of drug-likeness (QED) is 0.266. The lowest BCUT2D eigenvalue weighted by atomic mass is 9.86. The number of anilines is 2. The second-order valence-electron chi connectivity index (χ2n) is 13.1. The molecular weight excluding hydrogens is 602 g/mol. The number of carbonyl (C=O) groups is 2. The van der Waals surface area contributed by atoms with E-state index in [0.717, 1.165) is 52.5 Å². The number of benzene rings is 3. The Morgan fingerprint density at radius 1 is 0.935 bits per heavy atom. The van der Waals surface area contributed by atoms with Gasteiger partial charge in [-0.05, 0) is 53.8 Å². The first-order valence-corrected chi connectivity index (χ1v) is 17.2. The molecule has 2 N–H and O–H groups in total. The topological polar surface area (TPSA) is 113 Å². The van der Waals surface area contributed by atoms with Crippen LogP contribution in [0.3, 0.4) is 0 Å². The highest BCUT2D eigenvalue weighted by Crippen LogP contribution is 2.39. The molecule has 1 aliphatic heterocycles. The number of aromatic nitrogens is 1. The first-order valence-electron chi connectivity index (χ1n) is 15.3. The Balaban J connectivity index is 1.37. The minimum atomic E-state index is -3.60. The van der Waals surface area contributed by atoms with E-state index < -0.39 is 10.0 Å². The van der Waals surface area contributed by atoms with E-state index in [2.05, 4.69) is 21.0 Å². The van der Waals surface area contributed by atoms with E-state index in [9.17, 15) is 18.0 Å². The summed E-state index contributed by atoms with van der Waals surface area (Å²) in [7, 11) is -0.288. The Labute approximate surface area is 271 Å². The lowest BCUT2D eigenvalue weighted by Gasteiger charge is -2.35. The molecule has 0 atom stereocenters. The van der Waals surface area contributed by atoms with Crippen LogP contribution in [0.15, 0.2) is 60.7 Å². The summed E-state index contributed by atoms with van der Waals surface area (Å²) in [4.78, 5) is 31.1. The largest absolute Gasteiger partial charge is 0.492 e. The molecule has 3 aromatic carbocycles. The maximum Gasteiger partial charge on any atom is 0.272 e. The van der Waals surface area contributed by atoms with E-state index in [1.54, 1.807) is 6.07 Å². The lowest BCUT2D eigenvalue weighted by Crippen LogP contribution is -2.48. The fraction of sp³-hybridized carbons (Fsp3) is 0.371. The van der Waals surface area contributed by atoms with E-state index in [4.69, 9.17) is 4.74 Å². The van der Waals surface area contributed by atoms with Gasteiger partial charge in [0.2, 0.25) is 10.0 Å². The monoisotopic (exact) mass is 645 g/mol. The van der Waals surface area contributed by atoms with Crippen LogP contribution in [-0.2, 0) is 29.0 Å². The molecule has 0 radical (unpaired) electrons. The molecule has 1 aromatic heterocycles. The van der Waals surface area contributed by atoms with Gasteiger partial charge in [-0.15, -0.1) is 0 Å². The van der Waals surface area contributed by atoms with E-state index in [1.807, 2.05) is 92.7 Å². The zero-order valence-electron chi connectivity index (χ0n) is 27.6. The SMILES string of the molecule is COc1c(NC(=O)c2cc3cccc(CN4CCN(C(=O)c5cccc(C)c5)CC4)c3n2C)cc(C(C)(C)C)cc1NS(C)(=O)=O. The number of rotatable bonds is 8. The number of hydrogen-bond donors (Lipinski definition) is 2. The standard InChI is InChI=1S/C35H43N5O5S/c1-23-10-8-12-25(18-23)34(42)40-16-14-39(15-17-40)22-26-13-9-11-24-19-30(38(5)31(24)26)33(41)36-28-20-27(35(2,3)4)21-29(32(28)45-6)37-46(7,43)44/h8-13,18-21,37H,14-17,22H2,1-7H3,(H,36,41). The normalized spacial score (nSPS) is 14.4. The van der Waals surface area contributed by atoms with Crippen LogP contribution in [0.5, 0.6) is 5.75 Å². The van der Waals surface area contributed by atoms with Crippen molar-refractivity contribution in [3.63, 3.8) is 0 Å². The number of ether oxygens (including phenoxy) is 1. The average molecular weight is 646 g/mol. The zero-order chi connectivity index (χ0) is 33.4. The number of carbonyl (C=O) groups excluding carboxylic acids is 2. The van der Waals surface area contributed by atoms with Gasteiger partial charge in [0.15, 0.2) is 5.75 Å². The Kier molecular flexibility index (Phi) is 9.19. The summed E-state index contributed by atoms with van der Waals surface area (Å²) >= 11 is 0. The Morgan fingerprint density at radius 3 is 2.24 bits per heavy atom. The van der Waals surface area contributed by atoms with Crippen molar-refractivity contribution in [2.24, 2.45) is 7.05 Å². The first kappa shape index (κ1) is 33.0. The van der Waals surface area contributed by atoms with E-state index in [-0.39, 0.29) is 28.7 Å². The van der Waals surface area contributed by atoms with Gasteiger partial charge in [0.05, 0.1) is 30.3 Å². The summed E-state index contributed by atoms with van der Waals surface area (Å²) in [6.07, 6.45) is 1.08. The number of para-hydroxylation sites is 1. The minimum absolute atomic E-state index is 0.0624. The number of piperazine rings is 1. The average Bonchev–Trinajstić information content (AvgIpc) is 3.33. The molecule has 10 nitrogen and oxygen atoms in total. The fourth-order valence-electron chi connectivity index (χ4n) is 5.99. The third kappa shape index (κ3) is 7.21. The molecule has 1 fully saturated rings. The number of amides is 2. The molecule has 2 heterocycles. The van der Waals surface area contributed by atoms with Crippen LogP contribution in [0.2, 0.25) is 0 Å². The maximum atomic E-state index is 13.8. The number of nitrogens with zero attached hydrogens (tertiary/aromatic N) is 3. The smallest absolute Gasteiger partial charge is 0.272 e. The molecule has 0 aliphatic carbocycles. The third-order valence-electron chi connectivity index (χ3n) is 8.39. The number of methoxy groups -OCH3 is 1. The van der Waals surface area contributed by atoms with Gasteiger partial charge in [-0.1, -0.05) is 56.7 Å². The summed E-state index contributed by atoms with van der Waals surface area (Å²) in [6.45, 7) is 11.5. The number of hydrogen-bond acceptors (Lipinski definition) is 6. The number of nitrogens with one attached hydrogen (secondary N) is 2. The molecule has 0 bridgehead atoms. The van der Waals surface area contributed by atoms with Gasteiger partial charge in [-0.3, -0.25) is 19.2 Å². The Morgan fingerprint density at radius 2 is 1.61 bits per heavy atom. The Bertz CT molecular complexity index is 1900. The van der Waals surface area contributed by atoms with Crippen molar-refractivity contribution < 1.29 is 22.7 Å². The van der Waals surface area contributed by atoms with Crippen molar-refractivity contribution in [2.45, 2.75) is 39.7 Å². The molecule has 1 aliphatic rings. The lowest BCUT2D eigenvalue weighted by molar-refractivity contribution is 0.0628. The Hall–Kier alpha value is -4.35. The van der Waals surface area contributed by atoms with Gasteiger partial charge in [0, 0.05) is 50.7 Å². The van der Waals surface area contributed by atoms with E-state index >= 15 is 0 Å². The molecule has 1 saturated heterocycles. The third-order valence-corrected chi connectivity index (χ3v) is 8.98. The van der Waals surface area contributed by atoms with Crippen molar-refractivity contribution >= 4 is 44.1 Å².